The molecular weight excluding hydrogens is 586 g/mol. The fraction of sp³-hybridized carbons (Fsp3) is 0.405. The normalized spacial score (nSPS) is 18.7. The molecule has 9 heteroatoms. The summed E-state index contributed by atoms with van der Waals surface area (Å²) < 4.78 is 40.9. The molecule has 9 nitrogen and oxygen atoms in total. The average molecular weight is 632 g/mol. The van der Waals surface area contributed by atoms with Crippen LogP contribution in [0.25, 0.3) is 10.8 Å². The van der Waals surface area contributed by atoms with E-state index in [-0.39, 0.29) is 31.3 Å². The summed E-state index contributed by atoms with van der Waals surface area (Å²) in [5.74, 6) is 2.97. The van der Waals surface area contributed by atoms with Crippen LogP contribution in [-0.2, 0) is 20.8 Å². The van der Waals surface area contributed by atoms with Crippen molar-refractivity contribution in [2.24, 2.45) is 0 Å². The van der Waals surface area contributed by atoms with E-state index in [0.29, 0.717) is 38.7 Å². The summed E-state index contributed by atoms with van der Waals surface area (Å²) in [6.45, 7) is 3.14. The first-order valence-electron chi connectivity index (χ1n) is 15.7. The molecule has 5 rings (SSSR count). The van der Waals surface area contributed by atoms with Crippen LogP contribution in [-0.4, -0.2) is 84.3 Å². The van der Waals surface area contributed by atoms with Crippen LogP contribution in [0, 0.1) is 0 Å². The minimum absolute atomic E-state index is 0.0679. The fourth-order valence-electron chi connectivity index (χ4n) is 5.84. The number of rotatable bonds is 17. The van der Waals surface area contributed by atoms with Crippen molar-refractivity contribution in [3.8, 4) is 23.0 Å². The van der Waals surface area contributed by atoms with Crippen LogP contribution in [0.2, 0.25) is 0 Å². The lowest BCUT2D eigenvalue weighted by Gasteiger charge is -2.39. The lowest BCUT2D eigenvalue weighted by molar-refractivity contribution is -0.0856. The molecule has 1 saturated heterocycles. The Labute approximate surface area is 271 Å². The number of para-hydroxylation sites is 2. The highest BCUT2D eigenvalue weighted by Crippen LogP contribution is 2.33. The van der Waals surface area contributed by atoms with Gasteiger partial charge >= 0.3 is 0 Å². The smallest absolute Gasteiger partial charge is 0.161 e. The van der Waals surface area contributed by atoms with Gasteiger partial charge in [-0.1, -0.05) is 48.5 Å². The SMILES string of the molecule is COCC(O)CO[C@@H]1CNC[C@@H](OCc2cc(OC)c3ccccc3c2)[C@H]1c1ccc(OCCCOc2ccccc2OC)cc1. The molecule has 4 aromatic rings. The summed E-state index contributed by atoms with van der Waals surface area (Å²) in [5, 5.41) is 15.9. The van der Waals surface area contributed by atoms with Gasteiger partial charge in [-0.15, -0.1) is 0 Å². The Bertz CT molecular complexity index is 1500. The van der Waals surface area contributed by atoms with Gasteiger partial charge in [0.25, 0.3) is 0 Å². The number of hydrogen-bond acceptors (Lipinski definition) is 9. The van der Waals surface area contributed by atoms with Crippen LogP contribution in [0.15, 0.2) is 84.9 Å². The van der Waals surface area contributed by atoms with Gasteiger partial charge in [0.05, 0.1) is 59.5 Å². The van der Waals surface area contributed by atoms with Crippen molar-refractivity contribution < 1.29 is 38.3 Å². The number of benzene rings is 4. The van der Waals surface area contributed by atoms with E-state index in [9.17, 15) is 5.11 Å². The Hall–Kier alpha value is -3.86. The molecule has 1 heterocycles. The monoisotopic (exact) mass is 631 g/mol. The topological polar surface area (TPSA) is 96.9 Å². The molecule has 2 N–H and O–H groups in total. The van der Waals surface area contributed by atoms with Gasteiger partial charge in [-0.3, -0.25) is 0 Å². The Balaban J connectivity index is 1.24. The number of piperidine rings is 1. The second kappa shape index (κ2) is 17.2. The maximum atomic E-state index is 10.3. The average Bonchev–Trinajstić information content (AvgIpc) is 3.10. The first kappa shape index (κ1) is 33.5. The highest BCUT2D eigenvalue weighted by molar-refractivity contribution is 5.89. The Morgan fingerprint density at radius 1 is 0.739 bits per heavy atom. The molecule has 0 aromatic heterocycles. The zero-order chi connectivity index (χ0) is 32.1. The standard InChI is InChI=1S/C37H45NO8/c1-40-24-29(39)25-46-36-22-38-21-35(45-23-26-19-28-9-4-5-10-31(28)34(20-26)42-3)37(36)27-13-15-30(16-14-27)43-17-8-18-44-33-12-7-6-11-32(33)41-2/h4-7,9-16,19-20,29,35-39H,8,17-18,21-25H2,1-3H3/t29?,35-,36-,37-/m1/s1. The van der Waals surface area contributed by atoms with E-state index >= 15 is 0 Å². The minimum Gasteiger partial charge on any atom is -0.496 e. The summed E-state index contributed by atoms with van der Waals surface area (Å²) in [6, 6.07) is 28.1. The quantitative estimate of drug-likeness (QED) is 0.149. The number of aliphatic hydroxyl groups excluding tert-OH is 1. The molecule has 1 aliphatic heterocycles. The van der Waals surface area contributed by atoms with Crippen molar-refractivity contribution in [1.29, 1.82) is 0 Å². The van der Waals surface area contributed by atoms with E-state index < -0.39 is 6.10 Å². The molecule has 246 valence electrons. The molecule has 0 bridgehead atoms. The van der Waals surface area contributed by atoms with E-state index in [1.807, 2.05) is 54.6 Å². The van der Waals surface area contributed by atoms with E-state index in [2.05, 4.69) is 35.6 Å². The molecule has 0 amide bonds. The van der Waals surface area contributed by atoms with Crippen molar-refractivity contribution in [1.82, 2.24) is 5.32 Å². The van der Waals surface area contributed by atoms with Crippen molar-refractivity contribution in [3.05, 3.63) is 96.1 Å². The highest BCUT2D eigenvalue weighted by atomic mass is 16.5. The van der Waals surface area contributed by atoms with Crippen molar-refractivity contribution in [2.75, 3.05) is 60.8 Å². The molecule has 0 spiro atoms. The molecule has 4 atom stereocenters. The van der Waals surface area contributed by atoms with E-state index in [0.717, 1.165) is 45.6 Å². The predicted octanol–water partition coefficient (Wildman–Crippen LogP) is 5.37. The van der Waals surface area contributed by atoms with E-state index in [1.165, 1.54) is 0 Å². The molecule has 4 aromatic carbocycles. The second-order valence-corrected chi connectivity index (χ2v) is 11.3. The first-order chi connectivity index (χ1) is 22.6. The molecule has 1 fully saturated rings. The summed E-state index contributed by atoms with van der Waals surface area (Å²) >= 11 is 0. The second-order valence-electron chi connectivity index (χ2n) is 11.3. The van der Waals surface area contributed by atoms with Crippen molar-refractivity contribution >= 4 is 10.8 Å². The lowest BCUT2D eigenvalue weighted by atomic mass is 9.85. The first-order valence-corrected chi connectivity index (χ1v) is 15.7. The number of fused-ring (bicyclic) bond motifs is 1. The summed E-state index contributed by atoms with van der Waals surface area (Å²) in [6.07, 6.45) is -0.367. The van der Waals surface area contributed by atoms with Crippen LogP contribution in [0.4, 0.5) is 0 Å². The largest absolute Gasteiger partial charge is 0.496 e. The molecular formula is C37H45NO8. The summed E-state index contributed by atoms with van der Waals surface area (Å²) in [7, 11) is 4.89. The van der Waals surface area contributed by atoms with Crippen LogP contribution >= 0.6 is 0 Å². The third-order valence-corrected chi connectivity index (χ3v) is 8.07. The maximum Gasteiger partial charge on any atom is 0.161 e. The number of aliphatic hydroxyl groups is 1. The van der Waals surface area contributed by atoms with E-state index in [1.54, 1.807) is 21.3 Å². The van der Waals surface area contributed by atoms with Gasteiger partial charge in [0.15, 0.2) is 11.5 Å². The Kier molecular flexibility index (Phi) is 12.5. The highest BCUT2D eigenvalue weighted by Gasteiger charge is 2.36. The van der Waals surface area contributed by atoms with Gasteiger partial charge in [0.2, 0.25) is 0 Å². The third-order valence-electron chi connectivity index (χ3n) is 8.07. The molecule has 0 saturated carbocycles. The van der Waals surface area contributed by atoms with E-state index in [4.69, 9.17) is 33.2 Å². The molecule has 0 aliphatic carbocycles. The van der Waals surface area contributed by atoms with Crippen LogP contribution in [0.3, 0.4) is 0 Å². The number of nitrogens with one attached hydrogen (secondary N) is 1. The number of methoxy groups -OCH3 is 3. The fourth-order valence-corrected chi connectivity index (χ4v) is 5.84. The summed E-state index contributed by atoms with van der Waals surface area (Å²) in [4.78, 5) is 0. The predicted molar refractivity (Wildman–Crippen MR) is 177 cm³/mol. The summed E-state index contributed by atoms with van der Waals surface area (Å²) in [5.41, 5.74) is 2.12. The zero-order valence-corrected chi connectivity index (χ0v) is 26.9. The van der Waals surface area contributed by atoms with Gasteiger partial charge in [-0.25, -0.2) is 0 Å². The number of hydrogen-bond donors (Lipinski definition) is 2. The van der Waals surface area contributed by atoms with Gasteiger partial charge in [-0.05, 0) is 52.9 Å². The Morgan fingerprint density at radius 2 is 1.43 bits per heavy atom. The molecule has 0 radical (unpaired) electrons. The zero-order valence-electron chi connectivity index (χ0n) is 26.9. The van der Waals surface area contributed by atoms with Crippen LogP contribution < -0.4 is 24.3 Å². The van der Waals surface area contributed by atoms with Gasteiger partial charge in [-0.2, -0.15) is 0 Å². The minimum atomic E-state index is -0.709. The third kappa shape index (κ3) is 8.90. The van der Waals surface area contributed by atoms with Crippen LogP contribution in [0.1, 0.15) is 23.5 Å². The van der Waals surface area contributed by atoms with Gasteiger partial charge in [0, 0.05) is 37.9 Å². The molecule has 1 aliphatic rings. The maximum absolute atomic E-state index is 10.3. The number of ether oxygens (including phenoxy) is 7. The van der Waals surface area contributed by atoms with Crippen molar-refractivity contribution in [2.45, 2.75) is 37.3 Å². The lowest BCUT2D eigenvalue weighted by Crippen LogP contribution is -2.51. The van der Waals surface area contributed by atoms with Gasteiger partial charge < -0.3 is 43.6 Å². The van der Waals surface area contributed by atoms with Gasteiger partial charge in [0.1, 0.15) is 17.6 Å². The Morgan fingerprint density at radius 3 is 2.20 bits per heavy atom. The van der Waals surface area contributed by atoms with Crippen molar-refractivity contribution in [3.63, 3.8) is 0 Å². The molecule has 46 heavy (non-hydrogen) atoms. The molecule has 1 unspecified atom stereocenters. The van der Waals surface area contributed by atoms with Crippen LogP contribution in [0.5, 0.6) is 23.0 Å².